The van der Waals surface area contributed by atoms with E-state index in [4.69, 9.17) is 10.2 Å². The quantitative estimate of drug-likeness (QED) is 0.737. The van der Waals surface area contributed by atoms with Crippen LogP contribution in [0.15, 0.2) is 0 Å². The summed E-state index contributed by atoms with van der Waals surface area (Å²) in [5.74, 6) is 0. The first-order valence-corrected chi connectivity index (χ1v) is 5.54. The Kier molecular flexibility index (Phi) is 2.83. The second kappa shape index (κ2) is 3.97. The van der Waals surface area contributed by atoms with Gasteiger partial charge in [0.2, 0.25) is 0 Å². The van der Waals surface area contributed by atoms with Gasteiger partial charge in [0.25, 0.3) is 0 Å². The minimum Gasteiger partial charge on any atom is -0.465 e. The van der Waals surface area contributed by atoms with Gasteiger partial charge in [0.1, 0.15) is 5.69 Å². The standard InChI is InChI=1S/C8H10IN3O3/c9-7-5(4-13)10-12-2-1-11(8(14)15)3-6(7)12/h13H,1-4H2,(H,14,15). The highest BCUT2D eigenvalue weighted by atomic mass is 127. The number of aromatic nitrogens is 2. The van der Waals surface area contributed by atoms with Gasteiger partial charge in [-0.2, -0.15) is 5.10 Å². The zero-order chi connectivity index (χ0) is 11.0. The second-order valence-electron chi connectivity index (χ2n) is 3.29. The van der Waals surface area contributed by atoms with E-state index >= 15 is 0 Å². The molecule has 1 amide bonds. The molecule has 0 aliphatic carbocycles. The Morgan fingerprint density at radius 3 is 2.87 bits per heavy atom. The molecule has 0 unspecified atom stereocenters. The number of carboxylic acid groups (broad SMARTS) is 1. The van der Waals surface area contributed by atoms with Crippen LogP contribution in [0.2, 0.25) is 0 Å². The maximum atomic E-state index is 10.8. The van der Waals surface area contributed by atoms with Gasteiger partial charge in [-0.25, -0.2) is 4.79 Å². The average Bonchev–Trinajstić information content (AvgIpc) is 2.55. The number of aliphatic hydroxyl groups is 1. The van der Waals surface area contributed by atoms with Crippen LogP contribution < -0.4 is 0 Å². The van der Waals surface area contributed by atoms with Gasteiger partial charge < -0.3 is 15.1 Å². The molecule has 6 nitrogen and oxygen atoms in total. The smallest absolute Gasteiger partial charge is 0.407 e. The number of hydrogen-bond acceptors (Lipinski definition) is 3. The van der Waals surface area contributed by atoms with E-state index in [0.29, 0.717) is 25.3 Å². The minimum atomic E-state index is -0.913. The summed E-state index contributed by atoms with van der Waals surface area (Å²) in [7, 11) is 0. The highest BCUT2D eigenvalue weighted by Crippen LogP contribution is 2.22. The van der Waals surface area contributed by atoms with E-state index < -0.39 is 6.09 Å². The molecule has 1 aliphatic heterocycles. The second-order valence-corrected chi connectivity index (χ2v) is 4.37. The zero-order valence-corrected chi connectivity index (χ0v) is 10.0. The van der Waals surface area contributed by atoms with Gasteiger partial charge in [-0.3, -0.25) is 4.68 Å². The number of aliphatic hydroxyl groups excluding tert-OH is 1. The molecule has 0 fully saturated rings. The lowest BCUT2D eigenvalue weighted by molar-refractivity contribution is 0.131. The zero-order valence-electron chi connectivity index (χ0n) is 7.85. The fraction of sp³-hybridized carbons (Fsp3) is 0.500. The highest BCUT2D eigenvalue weighted by Gasteiger charge is 2.24. The molecule has 82 valence electrons. The molecule has 1 aromatic rings. The van der Waals surface area contributed by atoms with Crippen molar-refractivity contribution >= 4 is 28.7 Å². The van der Waals surface area contributed by atoms with E-state index in [1.54, 1.807) is 4.68 Å². The summed E-state index contributed by atoms with van der Waals surface area (Å²) in [6.07, 6.45) is -0.913. The Morgan fingerprint density at radius 1 is 1.53 bits per heavy atom. The Bertz CT molecular complexity index is 404. The molecule has 1 aliphatic rings. The van der Waals surface area contributed by atoms with Crippen molar-refractivity contribution in [2.75, 3.05) is 6.54 Å². The van der Waals surface area contributed by atoms with Crippen LogP contribution in [0.1, 0.15) is 11.4 Å². The van der Waals surface area contributed by atoms with Crippen molar-refractivity contribution in [2.24, 2.45) is 0 Å². The number of amides is 1. The largest absolute Gasteiger partial charge is 0.465 e. The Labute approximate surface area is 99.6 Å². The van der Waals surface area contributed by atoms with Crippen LogP contribution in [-0.2, 0) is 19.7 Å². The lowest BCUT2D eigenvalue weighted by Crippen LogP contribution is -2.37. The van der Waals surface area contributed by atoms with Crippen LogP contribution in [0.3, 0.4) is 0 Å². The van der Waals surface area contributed by atoms with Crippen LogP contribution in [0.25, 0.3) is 0 Å². The van der Waals surface area contributed by atoms with E-state index in [0.717, 1.165) is 9.26 Å². The van der Waals surface area contributed by atoms with Crippen molar-refractivity contribution in [3.05, 3.63) is 15.0 Å². The Morgan fingerprint density at radius 2 is 2.27 bits per heavy atom. The fourth-order valence-electron chi connectivity index (χ4n) is 1.61. The van der Waals surface area contributed by atoms with Crippen molar-refractivity contribution < 1.29 is 15.0 Å². The first kappa shape index (κ1) is 10.7. The molecule has 0 atom stereocenters. The molecule has 0 saturated heterocycles. The molecule has 2 heterocycles. The first-order valence-electron chi connectivity index (χ1n) is 4.46. The van der Waals surface area contributed by atoms with Crippen LogP contribution in [0.5, 0.6) is 0 Å². The van der Waals surface area contributed by atoms with Crippen molar-refractivity contribution in [3.63, 3.8) is 0 Å². The fourth-order valence-corrected chi connectivity index (χ4v) is 2.33. The predicted molar refractivity (Wildman–Crippen MR) is 59.3 cm³/mol. The van der Waals surface area contributed by atoms with Crippen molar-refractivity contribution in [3.8, 4) is 0 Å². The van der Waals surface area contributed by atoms with Crippen LogP contribution in [0.4, 0.5) is 4.79 Å². The third-order valence-corrected chi connectivity index (χ3v) is 3.65. The number of nitrogens with zero attached hydrogens (tertiary/aromatic N) is 3. The molecule has 15 heavy (non-hydrogen) atoms. The molecule has 0 bridgehead atoms. The number of hydrogen-bond donors (Lipinski definition) is 2. The number of carbonyl (C=O) groups is 1. The van der Waals surface area contributed by atoms with Crippen LogP contribution in [-0.4, -0.2) is 37.5 Å². The summed E-state index contributed by atoms with van der Waals surface area (Å²) in [5, 5.41) is 22.1. The van der Waals surface area contributed by atoms with Gasteiger partial charge in [0, 0.05) is 6.54 Å². The summed E-state index contributed by atoms with van der Waals surface area (Å²) in [5.41, 5.74) is 1.49. The van der Waals surface area contributed by atoms with Crippen molar-refractivity contribution in [1.29, 1.82) is 0 Å². The normalized spacial score (nSPS) is 15.2. The summed E-state index contributed by atoms with van der Waals surface area (Å²) in [4.78, 5) is 12.1. The molecule has 0 spiro atoms. The Balaban J connectivity index is 2.32. The minimum absolute atomic E-state index is 0.106. The maximum absolute atomic E-state index is 10.8. The van der Waals surface area contributed by atoms with Crippen LogP contribution >= 0.6 is 22.6 Å². The van der Waals surface area contributed by atoms with Crippen molar-refractivity contribution in [1.82, 2.24) is 14.7 Å². The summed E-state index contributed by atoms with van der Waals surface area (Å²) >= 11 is 2.09. The Hall–Kier alpha value is -0.830. The first-order chi connectivity index (χ1) is 7.13. The van der Waals surface area contributed by atoms with Gasteiger partial charge in [-0.05, 0) is 22.6 Å². The summed E-state index contributed by atoms with van der Waals surface area (Å²) < 4.78 is 2.63. The molecule has 0 aromatic carbocycles. The number of fused-ring (bicyclic) bond motifs is 1. The monoisotopic (exact) mass is 323 g/mol. The molecule has 2 rings (SSSR count). The van der Waals surface area contributed by atoms with E-state index in [1.165, 1.54) is 4.90 Å². The molecule has 7 heteroatoms. The van der Waals surface area contributed by atoms with E-state index in [9.17, 15) is 4.79 Å². The molecule has 0 radical (unpaired) electrons. The van der Waals surface area contributed by atoms with Gasteiger partial charge in [0.15, 0.2) is 0 Å². The topological polar surface area (TPSA) is 78.6 Å². The third-order valence-electron chi connectivity index (χ3n) is 2.40. The van der Waals surface area contributed by atoms with E-state index in [1.807, 2.05) is 0 Å². The SMILES string of the molecule is O=C(O)N1CCn2nc(CO)c(I)c2C1. The van der Waals surface area contributed by atoms with Gasteiger partial charge in [-0.1, -0.05) is 0 Å². The average molecular weight is 323 g/mol. The molecule has 0 saturated carbocycles. The van der Waals surface area contributed by atoms with Gasteiger partial charge >= 0.3 is 6.09 Å². The lowest BCUT2D eigenvalue weighted by atomic mass is 10.3. The third kappa shape index (κ3) is 1.81. The maximum Gasteiger partial charge on any atom is 0.407 e. The van der Waals surface area contributed by atoms with Crippen LogP contribution in [0, 0.1) is 3.57 Å². The summed E-state index contributed by atoms with van der Waals surface area (Å²) in [6, 6.07) is 0. The highest BCUT2D eigenvalue weighted by molar-refractivity contribution is 14.1. The molecule has 2 N–H and O–H groups in total. The number of rotatable bonds is 1. The van der Waals surface area contributed by atoms with E-state index in [2.05, 4.69) is 27.7 Å². The molecule has 1 aromatic heterocycles. The number of halogens is 1. The van der Waals surface area contributed by atoms with Gasteiger partial charge in [0.05, 0.1) is 29.0 Å². The van der Waals surface area contributed by atoms with Crippen molar-refractivity contribution in [2.45, 2.75) is 19.7 Å². The predicted octanol–water partition coefficient (Wildman–Crippen LogP) is 0.474. The lowest BCUT2D eigenvalue weighted by Gasteiger charge is -2.25. The summed E-state index contributed by atoms with van der Waals surface area (Å²) in [6.45, 7) is 1.24. The van der Waals surface area contributed by atoms with E-state index in [-0.39, 0.29) is 6.61 Å². The molecular formula is C8H10IN3O3. The van der Waals surface area contributed by atoms with Gasteiger partial charge in [-0.15, -0.1) is 0 Å². The molecular weight excluding hydrogens is 313 g/mol.